The summed E-state index contributed by atoms with van der Waals surface area (Å²) in [6.45, 7) is 6.88. The summed E-state index contributed by atoms with van der Waals surface area (Å²) in [5, 5.41) is 4.92. The number of H-pyrrole nitrogens is 1. The van der Waals surface area contributed by atoms with Gasteiger partial charge < -0.3 is 14.6 Å². The molecule has 1 aliphatic heterocycles. The number of halogens is 2. The minimum Gasteiger partial charge on any atom is -0.444 e. The predicted octanol–water partition coefficient (Wildman–Crippen LogP) is 4.08. The highest BCUT2D eigenvalue weighted by molar-refractivity contribution is 9.10. The van der Waals surface area contributed by atoms with Gasteiger partial charge in [0.25, 0.3) is 0 Å². The number of pyridine rings is 1. The van der Waals surface area contributed by atoms with Crippen molar-refractivity contribution in [2.75, 3.05) is 6.54 Å². The van der Waals surface area contributed by atoms with Crippen LogP contribution in [0.3, 0.4) is 0 Å². The zero-order valence-corrected chi connectivity index (χ0v) is 16.8. The fraction of sp³-hybridized carbons (Fsp3) is 0.389. The van der Waals surface area contributed by atoms with Crippen LogP contribution in [-0.4, -0.2) is 42.9 Å². The Bertz CT molecular complexity index is 1040. The summed E-state index contributed by atoms with van der Waals surface area (Å²) in [6.07, 6.45) is 2.54. The molecular weight excluding hydrogens is 417 g/mol. The van der Waals surface area contributed by atoms with Crippen LogP contribution in [0.2, 0.25) is 0 Å². The van der Waals surface area contributed by atoms with E-state index in [1.165, 1.54) is 6.20 Å². The largest absolute Gasteiger partial charge is 0.444 e. The summed E-state index contributed by atoms with van der Waals surface area (Å²) in [5.74, 6) is -0.375. The van der Waals surface area contributed by atoms with Gasteiger partial charge in [-0.25, -0.2) is 14.2 Å². The van der Waals surface area contributed by atoms with E-state index >= 15 is 0 Å². The van der Waals surface area contributed by atoms with E-state index in [2.05, 4.69) is 31.0 Å². The second kappa shape index (κ2) is 6.33. The minimum absolute atomic E-state index is 0.332. The molecule has 0 aromatic carbocycles. The van der Waals surface area contributed by atoms with Gasteiger partial charge in [-0.05, 0) is 42.8 Å². The molecule has 4 rings (SSSR count). The summed E-state index contributed by atoms with van der Waals surface area (Å²) >= 11 is 3.50. The number of nitrogens with one attached hydrogen (secondary N) is 1. The van der Waals surface area contributed by atoms with Crippen LogP contribution in [-0.2, 0) is 17.8 Å². The average molecular weight is 436 g/mol. The number of nitrogens with zero attached hydrogens (tertiary/aromatic N) is 4. The highest BCUT2D eigenvalue weighted by Crippen LogP contribution is 2.38. The maximum atomic E-state index is 14.4. The highest BCUT2D eigenvalue weighted by Gasteiger charge is 2.30. The average Bonchev–Trinajstić information content (AvgIpc) is 3.12. The molecule has 27 heavy (non-hydrogen) atoms. The van der Waals surface area contributed by atoms with Crippen molar-refractivity contribution in [2.24, 2.45) is 0 Å². The Hall–Kier alpha value is -2.42. The maximum absolute atomic E-state index is 14.4. The number of fused-ring (bicyclic) bond motifs is 2. The van der Waals surface area contributed by atoms with E-state index in [4.69, 9.17) is 4.74 Å². The first-order valence-electron chi connectivity index (χ1n) is 8.59. The smallest absolute Gasteiger partial charge is 0.410 e. The van der Waals surface area contributed by atoms with Gasteiger partial charge in [-0.1, -0.05) is 0 Å². The van der Waals surface area contributed by atoms with Gasteiger partial charge in [0.1, 0.15) is 15.9 Å². The van der Waals surface area contributed by atoms with Crippen molar-refractivity contribution in [3.63, 3.8) is 0 Å². The Morgan fingerprint density at radius 3 is 2.89 bits per heavy atom. The highest BCUT2D eigenvalue weighted by atomic mass is 79.9. The molecule has 9 heteroatoms. The van der Waals surface area contributed by atoms with Crippen LogP contribution < -0.4 is 0 Å². The Morgan fingerprint density at radius 2 is 2.15 bits per heavy atom. The molecule has 0 radical (unpaired) electrons. The summed E-state index contributed by atoms with van der Waals surface area (Å²) in [7, 11) is 0. The van der Waals surface area contributed by atoms with Crippen LogP contribution in [0.4, 0.5) is 9.18 Å². The van der Waals surface area contributed by atoms with Gasteiger partial charge in [0.2, 0.25) is 0 Å². The summed E-state index contributed by atoms with van der Waals surface area (Å²) < 4.78 is 22.3. The van der Waals surface area contributed by atoms with Gasteiger partial charge in [0, 0.05) is 30.1 Å². The number of carbonyl (C=O) groups is 1. The molecule has 7 nitrogen and oxygen atoms in total. The summed E-state index contributed by atoms with van der Waals surface area (Å²) in [4.78, 5) is 21.1. The monoisotopic (exact) mass is 435 g/mol. The van der Waals surface area contributed by atoms with E-state index in [-0.39, 0.29) is 11.9 Å². The summed E-state index contributed by atoms with van der Waals surface area (Å²) in [6, 6.07) is 1.76. The first-order chi connectivity index (χ1) is 12.7. The lowest BCUT2D eigenvalue weighted by atomic mass is 10.0. The van der Waals surface area contributed by atoms with Crippen LogP contribution >= 0.6 is 15.9 Å². The maximum Gasteiger partial charge on any atom is 0.410 e. The molecule has 0 saturated carbocycles. The van der Waals surface area contributed by atoms with Crippen molar-refractivity contribution in [1.29, 1.82) is 0 Å². The molecule has 1 N–H and O–H groups in total. The van der Waals surface area contributed by atoms with Crippen molar-refractivity contribution in [1.82, 2.24) is 24.6 Å². The molecule has 0 atom stereocenters. The molecule has 0 unspecified atom stereocenters. The van der Waals surface area contributed by atoms with Gasteiger partial charge in [-0.3, -0.25) is 4.68 Å². The summed E-state index contributed by atoms with van der Waals surface area (Å²) in [5.41, 5.74) is 2.17. The molecule has 1 aliphatic rings. The third-order valence-corrected chi connectivity index (χ3v) is 4.94. The first kappa shape index (κ1) is 18.0. The number of aromatic nitrogens is 4. The normalized spacial score (nSPS) is 14.5. The van der Waals surface area contributed by atoms with Crippen LogP contribution in [0, 0.1) is 5.82 Å². The minimum atomic E-state index is -0.566. The molecule has 4 heterocycles. The van der Waals surface area contributed by atoms with Crippen LogP contribution in [0.15, 0.2) is 23.1 Å². The molecule has 0 bridgehead atoms. The second-order valence-electron chi connectivity index (χ2n) is 7.46. The molecule has 0 spiro atoms. The lowest BCUT2D eigenvalue weighted by Gasteiger charge is -2.30. The third-order valence-electron chi connectivity index (χ3n) is 4.38. The van der Waals surface area contributed by atoms with E-state index in [1.807, 2.05) is 25.5 Å². The molecule has 0 aliphatic carbocycles. The molecule has 0 saturated heterocycles. The molecular formula is C18H19BrFN5O2. The van der Waals surface area contributed by atoms with Crippen molar-refractivity contribution < 1.29 is 13.9 Å². The number of aromatic amines is 1. The molecule has 3 aromatic rings. The Kier molecular flexibility index (Phi) is 4.21. The van der Waals surface area contributed by atoms with Gasteiger partial charge in [0.15, 0.2) is 5.82 Å². The quantitative estimate of drug-likeness (QED) is 0.624. The number of rotatable bonds is 1. The van der Waals surface area contributed by atoms with E-state index in [0.29, 0.717) is 40.8 Å². The number of carbonyl (C=O) groups excluding carboxylic acids is 1. The molecule has 3 aromatic heterocycles. The van der Waals surface area contributed by atoms with E-state index in [1.54, 1.807) is 17.2 Å². The number of hydrogen-bond acceptors (Lipinski definition) is 4. The van der Waals surface area contributed by atoms with Gasteiger partial charge in [0.05, 0.1) is 24.2 Å². The van der Waals surface area contributed by atoms with Crippen molar-refractivity contribution in [2.45, 2.75) is 39.5 Å². The van der Waals surface area contributed by atoms with E-state index in [0.717, 1.165) is 11.3 Å². The lowest BCUT2D eigenvalue weighted by molar-refractivity contribution is 0.0195. The topological polar surface area (TPSA) is 76.0 Å². The fourth-order valence-electron chi connectivity index (χ4n) is 3.26. The van der Waals surface area contributed by atoms with Crippen LogP contribution in [0.1, 0.15) is 26.5 Å². The number of amides is 1. The zero-order chi connectivity index (χ0) is 19.3. The lowest BCUT2D eigenvalue weighted by Crippen LogP contribution is -2.41. The third kappa shape index (κ3) is 3.20. The van der Waals surface area contributed by atoms with Crippen molar-refractivity contribution in [3.8, 4) is 11.1 Å². The van der Waals surface area contributed by atoms with Crippen LogP contribution in [0.5, 0.6) is 0 Å². The first-order valence-corrected chi connectivity index (χ1v) is 9.39. The fourth-order valence-corrected chi connectivity index (χ4v) is 3.89. The number of ether oxygens (including phenoxy) is 1. The Balaban J connectivity index is 1.77. The van der Waals surface area contributed by atoms with Crippen molar-refractivity contribution >= 4 is 33.1 Å². The van der Waals surface area contributed by atoms with Gasteiger partial charge >= 0.3 is 6.09 Å². The standard InChI is InChI=1S/C18H19BrFN5O2/c1-18(2,3)27-17(26)24-6-7-25-12(9-24)14(15(19)23-25)10-4-5-21-16-13(10)11(20)8-22-16/h4-5,8H,6-7,9H2,1-3H3,(H,21,22). The van der Waals surface area contributed by atoms with E-state index in [9.17, 15) is 9.18 Å². The Labute approximate surface area is 163 Å². The molecule has 1 amide bonds. The zero-order valence-electron chi connectivity index (χ0n) is 15.2. The Morgan fingerprint density at radius 1 is 1.37 bits per heavy atom. The van der Waals surface area contributed by atoms with Gasteiger partial charge in [-0.15, -0.1) is 0 Å². The predicted molar refractivity (Wildman–Crippen MR) is 102 cm³/mol. The molecule has 142 valence electrons. The SMILES string of the molecule is CC(C)(C)OC(=O)N1CCn2nc(Br)c(-c3ccnc4[nH]cc(F)c34)c2C1. The van der Waals surface area contributed by atoms with Gasteiger partial charge in [-0.2, -0.15) is 5.10 Å². The molecule has 0 fully saturated rings. The van der Waals surface area contributed by atoms with E-state index < -0.39 is 5.60 Å². The second-order valence-corrected chi connectivity index (χ2v) is 8.21. The number of hydrogen-bond donors (Lipinski definition) is 1. The van der Waals surface area contributed by atoms with Crippen molar-refractivity contribution in [3.05, 3.63) is 34.6 Å². The van der Waals surface area contributed by atoms with Crippen LogP contribution in [0.25, 0.3) is 22.2 Å².